The fourth-order valence-electron chi connectivity index (χ4n) is 1.53. The van der Waals surface area contributed by atoms with Crippen LogP contribution in [0.4, 0.5) is 10.1 Å². The molecule has 0 saturated heterocycles. The number of imidazole rings is 1. The summed E-state index contributed by atoms with van der Waals surface area (Å²) in [4.78, 5) is 14.9. The molecule has 1 heterocycles. The number of hydrogen-bond acceptors (Lipinski definition) is 3. The molecule has 1 aromatic carbocycles. The lowest BCUT2D eigenvalue weighted by molar-refractivity contribution is 0.0697. The second-order valence-electron chi connectivity index (χ2n) is 3.81. The van der Waals surface area contributed by atoms with Gasteiger partial charge >= 0.3 is 5.97 Å². The Morgan fingerprint density at radius 2 is 2.33 bits per heavy atom. The predicted octanol–water partition coefficient (Wildman–Crippen LogP) is 1.87. The smallest absolute Gasteiger partial charge is 0.335 e. The van der Waals surface area contributed by atoms with Crippen LogP contribution in [0.1, 0.15) is 16.2 Å². The van der Waals surface area contributed by atoms with E-state index >= 15 is 0 Å². The molecule has 2 N–H and O–H groups in total. The Morgan fingerprint density at radius 3 is 2.94 bits per heavy atom. The van der Waals surface area contributed by atoms with Gasteiger partial charge in [-0.2, -0.15) is 0 Å². The van der Waals surface area contributed by atoms with E-state index in [0.717, 1.165) is 11.9 Å². The van der Waals surface area contributed by atoms with Gasteiger partial charge < -0.3 is 15.0 Å². The van der Waals surface area contributed by atoms with Crippen molar-refractivity contribution in [2.24, 2.45) is 7.05 Å². The SMILES string of the molecule is Cn1ccnc1CNc1cc(C(=O)O)ccc1F. The summed E-state index contributed by atoms with van der Waals surface area (Å²) in [5, 5.41) is 11.7. The zero-order valence-electron chi connectivity index (χ0n) is 9.72. The Bertz CT molecular complexity index is 580. The van der Waals surface area contributed by atoms with Crippen LogP contribution in [0.2, 0.25) is 0 Å². The molecule has 0 bridgehead atoms. The molecule has 2 aromatic rings. The highest BCUT2D eigenvalue weighted by Crippen LogP contribution is 2.17. The quantitative estimate of drug-likeness (QED) is 0.868. The van der Waals surface area contributed by atoms with Gasteiger partial charge in [-0.05, 0) is 18.2 Å². The van der Waals surface area contributed by atoms with Gasteiger partial charge in [0.25, 0.3) is 0 Å². The maximum Gasteiger partial charge on any atom is 0.335 e. The van der Waals surface area contributed by atoms with Crippen molar-refractivity contribution in [1.82, 2.24) is 9.55 Å². The van der Waals surface area contributed by atoms with E-state index in [1.807, 2.05) is 7.05 Å². The van der Waals surface area contributed by atoms with Crippen molar-refractivity contribution < 1.29 is 14.3 Å². The molecule has 0 aliphatic rings. The number of hydrogen-bond donors (Lipinski definition) is 2. The Hall–Kier alpha value is -2.37. The molecule has 0 spiro atoms. The lowest BCUT2D eigenvalue weighted by Gasteiger charge is -2.08. The van der Waals surface area contributed by atoms with Crippen LogP contribution in [-0.2, 0) is 13.6 Å². The summed E-state index contributed by atoms with van der Waals surface area (Å²) < 4.78 is 15.3. The number of carboxylic acid groups (broad SMARTS) is 1. The van der Waals surface area contributed by atoms with E-state index in [1.165, 1.54) is 12.1 Å². The number of aromatic carboxylic acids is 1. The first-order valence-corrected chi connectivity index (χ1v) is 5.31. The molecule has 6 heteroatoms. The normalized spacial score (nSPS) is 10.3. The Morgan fingerprint density at radius 1 is 1.56 bits per heavy atom. The standard InChI is InChI=1S/C12H12FN3O2/c1-16-5-4-14-11(16)7-15-10-6-8(12(17)18)2-3-9(10)13/h2-6,15H,7H2,1H3,(H,17,18). The number of nitrogens with one attached hydrogen (secondary N) is 1. The van der Waals surface area contributed by atoms with Crippen LogP contribution in [-0.4, -0.2) is 20.6 Å². The van der Waals surface area contributed by atoms with Gasteiger partial charge in [0.05, 0.1) is 17.8 Å². The molecule has 1 aromatic heterocycles. The fraction of sp³-hybridized carbons (Fsp3) is 0.167. The van der Waals surface area contributed by atoms with Gasteiger partial charge in [0.15, 0.2) is 0 Å². The van der Waals surface area contributed by atoms with Crippen molar-refractivity contribution in [1.29, 1.82) is 0 Å². The third-order valence-corrected chi connectivity index (χ3v) is 2.57. The van der Waals surface area contributed by atoms with E-state index in [-0.39, 0.29) is 11.3 Å². The van der Waals surface area contributed by atoms with E-state index in [4.69, 9.17) is 5.11 Å². The van der Waals surface area contributed by atoms with Crippen molar-refractivity contribution >= 4 is 11.7 Å². The van der Waals surface area contributed by atoms with Gasteiger partial charge in [-0.25, -0.2) is 14.2 Å². The number of halogens is 1. The number of nitrogens with zero attached hydrogens (tertiary/aromatic N) is 2. The Balaban J connectivity index is 2.16. The van der Waals surface area contributed by atoms with Crippen molar-refractivity contribution in [3.63, 3.8) is 0 Å². The number of benzene rings is 1. The van der Waals surface area contributed by atoms with Crippen LogP contribution in [0.25, 0.3) is 0 Å². The minimum atomic E-state index is -1.09. The maximum atomic E-state index is 13.5. The Kier molecular flexibility index (Phi) is 3.27. The molecule has 94 valence electrons. The lowest BCUT2D eigenvalue weighted by Crippen LogP contribution is -2.08. The number of rotatable bonds is 4. The topological polar surface area (TPSA) is 67.2 Å². The van der Waals surface area contributed by atoms with Crippen molar-refractivity contribution in [3.05, 3.63) is 47.8 Å². The van der Waals surface area contributed by atoms with Crippen LogP contribution in [0, 0.1) is 5.82 Å². The monoisotopic (exact) mass is 249 g/mol. The van der Waals surface area contributed by atoms with Crippen molar-refractivity contribution in [2.45, 2.75) is 6.54 Å². The predicted molar refractivity (Wildman–Crippen MR) is 63.9 cm³/mol. The third-order valence-electron chi connectivity index (χ3n) is 2.57. The molecular weight excluding hydrogens is 237 g/mol. The van der Waals surface area contributed by atoms with Crippen LogP contribution >= 0.6 is 0 Å². The van der Waals surface area contributed by atoms with Crippen LogP contribution in [0.15, 0.2) is 30.6 Å². The van der Waals surface area contributed by atoms with Gasteiger partial charge in [-0.1, -0.05) is 0 Å². The van der Waals surface area contributed by atoms with Gasteiger partial charge in [0.2, 0.25) is 0 Å². The molecule has 0 amide bonds. The average Bonchev–Trinajstić information content (AvgIpc) is 2.73. The second kappa shape index (κ2) is 4.87. The highest BCUT2D eigenvalue weighted by Gasteiger charge is 2.08. The minimum absolute atomic E-state index is 0.0405. The summed E-state index contributed by atoms with van der Waals surface area (Å²) in [7, 11) is 1.83. The molecule has 0 atom stereocenters. The summed E-state index contributed by atoms with van der Waals surface area (Å²) in [6.07, 6.45) is 3.42. The molecule has 0 saturated carbocycles. The number of aryl methyl sites for hydroxylation is 1. The summed E-state index contributed by atoms with van der Waals surface area (Å²) >= 11 is 0. The third kappa shape index (κ3) is 2.48. The van der Waals surface area contributed by atoms with Gasteiger partial charge in [-0.3, -0.25) is 0 Å². The van der Waals surface area contributed by atoms with Crippen molar-refractivity contribution in [2.75, 3.05) is 5.32 Å². The first kappa shape index (κ1) is 12.1. The summed E-state index contributed by atoms with van der Waals surface area (Å²) in [6, 6.07) is 3.62. The zero-order chi connectivity index (χ0) is 13.1. The number of carbonyl (C=O) groups is 1. The van der Waals surface area contributed by atoms with E-state index in [1.54, 1.807) is 17.0 Å². The van der Waals surface area contributed by atoms with Crippen LogP contribution in [0.5, 0.6) is 0 Å². The number of carboxylic acids is 1. The molecule has 2 rings (SSSR count). The fourth-order valence-corrected chi connectivity index (χ4v) is 1.53. The lowest BCUT2D eigenvalue weighted by atomic mass is 10.2. The van der Waals surface area contributed by atoms with E-state index in [2.05, 4.69) is 10.3 Å². The second-order valence-corrected chi connectivity index (χ2v) is 3.81. The molecule has 0 radical (unpaired) electrons. The first-order valence-electron chi connectivity index (χ1n) is 5.31. The molecule has 0 unspecified atom stereocenters. The molecule has 0 aliphatic carbocycles. The highest BCUT2D eigenvalue weighted by molar-refractivity contribution is 5.88. The molecule has 5 nitrogen and oxygen atoms in total. The van der Waals surface area contributed by atoms with E-state index in [9.17, 15) is 9.18 Å². The van der Waals surface area contributed by atoms with Gasteiger partial charge in [0.1, 0.15) is 11.6 Å². The average molecular weight is 249 g/mol. The summed E-state index contributed by atoms with van der Waals surface area (Å²) in [5.74, 6) is -0.848. The Labute approximate surface area is 103 Å². The zero-order valence-corrected chi connectivity index (χ0v) is 9.72. The van der Waals surface area contributed by atoms with Crippen LogP contribution in [0.3, 0.4) is 0 Å². The largest absolute Gasteiger partial charge is 0.478 e. The highest BCUT2D eigenvalue weighted by atomic mass is 19.1. The van der Waals surface area contributed by atoms with Gasteiger partial charge in [0, 0.05) is 19.4 Å². The molecular formula is C12H12FN3O2. The number of anilines is 1. The van der Waals surface area contributed by atoms with Gasteiger partial charge in [-0.15, -0.1) is 0 Å². The molecule has 0 fully saturated rings. The first-order chi connectivity index (χ1) is 8.58. The summed E-state index contributed by atoms with van der Waals surface area (Å²) in [5.41, 5.74) is 0.191. The van der Waals surface area contributed by atoms with E-state index < -0.39 is 11.8 Å². The summed E-state index contributed by atoms with van der Waals surface area (Å²) in [6.45, 7) is 0.323. The van der Waals surface area contributed by atoms with E-state index in [0.29, 0.717) is 6.54 Å². The van der Waals surface area contributed by atoms with Crippen LogP contribution < -0.4 is 5.32 Å². The minimum Gasteiger partial charge on any atom is -0.478 e. The number of aromatic nitrogens is 2. The maximum absolute atomic E-state index is 13.5. The molecule has 18 heavy (non-hydrogen) atoms. The molecule has 0 aliphatic heterocycles. The van der Waals surface area contributed by atoms with Crippen molar-refractivity contribution in [3.8, 4) is 0 Å².